The van der Waals surface area contributed by atoms with Crippen molar-refractivity contribution in [3.63, 3.8) is 0 Å². The monoisotopic (exact) mass is 256 g/mol. The Kier molecular flexibility index (Phi) is 3.07. The minimum Gasteiger partial charge on any atom is -0.397 e. The van der Waals surface area contributed by atoms with Crippen LogP contribution in [0.15, 0.2) is 12.1 Å². The van der Waals surface area contributed by atoms with Crippen LogP contribution in [0.3, 0.4) is 0 Å². The van der Waals surface area contributed by atoms with Gasteiger partial charge in [-0.15, -0.1) is 0 Å². The lowest BCUT2D eigenvalue weighted by molar-refractivity contribution is 0.0751. The van der Waals surface area contributed by atoms with E-state index in [1.165, 1.54) is 0 Å². The number of hydrogen-bond acceptors (Lipinski definition) is 3. The number of halogens is 1. The molecule has 18 heavy (non-hydrogen) atoms. The topological polar surface area (TPSA) is 59.1 Å². The molecule has 4 radical (unpaired) electrons. The molecule has 0 aliphatic carbocycles. The molecule has 6 heteroatoms. The van der Waals surface area contributed by atoms with Crippen LogP contribution in [-0.4, -0.2) is 25.8 Å². The highest BCUT2D eigenvalue weighted by Crippen LogP contribution is 2.27. The summed E-state index contributed by atoms with van der Waals surface area (Å²) in [5.74, 6) is 0. The highest BCUT2D eigenvalue weighted by Gasteiger charge is 2.22. The molecule has 3 N–H and O–H groups in total. The zero-order chi connectivity index (χ0) is 13.7. The number of aromatic nitrogens is 1. The summed E-state index contributed by atoms with van der Waals surface area (Å²) in [6.45, 7) is 3.21. The molecule has 0 saturated heterocycles. The molecular formula is C12H11B2ClN2O. The van der Waals surface area contributed by atoms with Crippen LogP contribution in [0.5, 0.6) is 0 Å². The van der Waals surface area contributed by atoms with Crippen molar-refractivity contribution in [3.05, 3.63) is 22.8 Å². The van der Waals surface area contributed by atoms with Gasteiger partial charge in [0.1, 0.15) is 21.3 Å². The summed E-state index contributed by atoms with van der Waals surface area (Å²) >= 11 is 5.95. The first-order valence-electron chi connectivity index (χ1n) is 5.38. The number of pyridine rings is 1. The molecule has 88 valence electrons. The molecule has 0 atom stereocenters. The maximum absolute atomic E-state index is 10.0. The van der Waals surface area contributed by atoms with E-state index >= 15 is 0 Å². The fourth-order valence-corrected chi connectivity index (χ4v) is 2.05. The highest BCUT2D eigenvalue weighted by molar-refractivity contribution is 6.57. The van der Waals surface area contributed by atoms with Crippen LogP contribution in [-0.2, 0) is 5.60 Å². The van der Waals surface area contributed by atoms with Gasteiger partial charge in [0.25, 0.3) is 0 Å². The number of anilines is 1. The highest BCUT2D eigenvalue weighted by atomic mass is 35.5. The van der Waals surface area contributed by atoms with Crippen molar-refractivity contribution in [2.45, 2.75) is 19.4 Å². The number of benzene rings is 1. The first kappa shape index (κ1) is 13.2. The van der Waals surface area contributed by atoms with Crippen molar-refractivity contribution < 1.29 is 5.11 Å². The third-order valence-electron chi connectivity index (χ3n) is 2.75. The zero-order valence-electron chi connectivity index (χ0n) is 10.2. The molecule has 0 saturated carbocycles. The Bertz CT molecular complexity index is 638. The largest absolute Gasteiger partial charge is 0.397 e. The minimum absolute atomic E-state index is 0.281. The summed E-state index contributed by atoms with van der Waals surface area (Å²) in [4.78, 5) is 4.31. The van der Waals surface area contributed by atoms with E-state index in [1.807, 2.05) is 0 Å². The van der Waals surface area contributed by atoms with E-state index < -0.39 is 5.60 Å². The number of nitrogens with zero attached hydrogens (tertiary/aromatic N) is 1. The van der Waals surface area contributed by atoms with Crippen molar-refractivity contribution in [3.8, 4) is 0 Å². The number of nitrogens with two attached hydrogens (primary N) is 1. The average molecular weight is 256 g/mol. The van der Waals surface area contributed by atoms with Gasteiger partial charge in [-0.2, -0.15) is 0 Å². The van der Waals surface area contributed by atoms with Crippen LogP contribution in [0, 0.1) is 0 Å². The van der Waals surface area contributed by atoms with Crippen molar-refractivity contribution in [1.82, 2.24) is 4.98 Å². The van der Waals surface area contributed by atoms with Crippen LogP contribution < -0.4 is 16.7 Å². The average Bonchev–Trinajstić information content (AvgIpc) is 2.24. The van der Waals surface area contributed by atoms with E-state index in [1.54, 1.807) is 26.0 Å². The van der Waals surface area contributed by atoms with Gasteiger partial charge in [0.15, 0.2) is 0 Å². The Morgan fingerprint density at radius 2 is 1.89 bits per heavy atom. The van der Waals surface area contributed by atoms with Crippen molar-refractivity contribution in [2.24, 2.45) is 0 Å². The quantitative estimate of drug-likeness (QED) is 0.721. The lowest BCUT2D eigenvalue weighted by atomic mass is 9.79. The molecule has 0 aliphatic rings. The Morgan fingerprint density at radius 3 is 2.44 bits per heavy atom. The fraction of sp³-hybridized carbons (Fsp3) is 0.250. The van der Waals surface area contributed by atoms with Gasteiger partial charge < -0.3 is 10.8 Å². The van der Waals surface area contributed by atoms with Gasteiger partial charge in [0.05, 0.1) is 16.9 Å². The van der Waals surface area contributed by atoms with Crippen molar-refractivity contribution in [1.29, 1.82) is 0 Å². The maximum Gasteiger partial charge on any atom is 0.116 e. The summed E-state index contributed by atoms with van der Waals surface area (Å²) < 4.78 is 0. The van der Waals surface area contributed by atoms with Gasteiger partial charge in [-0.25, -0.2) is 4.98 Å². The van der Waals surface area contributed by atoms with E-state index in [0.29, 0.717) is 32.8 Å². The molecule has 1 aromatic carbocycles. The third kappa shape index (κ3) is 2.08. The van der Waals surface area contributed by atoms with E-state index in [9.17, 15) is 5.11 Å². The number of aliphatic hydroxyl groups is 1. The van der Waals surface area contributed by atoms with Gasteiger partial charge in [-0.05, 0) is 26.0 Å². The molecule has 0 bridgehead atoms. The summed E-state index contributed by atoms with van der Waals surface area (Å²) in [6.07, 6.45) is 0. The smallest absolute Gasteiger partial charge is 0.116 e. The lowest BCUT2D eigenvalue weighted by Gasteiger charge is -2.20. The second-order valence-corrected chi connectivity index (χ2v) is 5.15. The van der Waals surface area contributed by atoms with Crippen LogP contribution in [0.1, 0.15) is 19.5 Å². The van der Waals surface area contributed by atoms with E-state index in [0.717, 1.165) is 0 Å². The van der Waals surface area contributed by atoms with Crippen LogP contribution in [0.2, 0.25) is 5.02 Å². The predicted octanol–water partition coefficient (Wildman–Crippen LogP) is 0.285. The first-order chi connectivity index (χ1) is 8.21. The van der Waals surface area contributed by atoms with Gasteiger partial charge in [-0.1, -0.05) is 22.5 Å². The standard InChI is InChI=1S/C12H11B2ClN2O/c1-12(2,18)11-7(16)4-5-3-6(15)8(13)9(14)10(5)17-11/h3-4,18H,16H2,1-2H3. The molecule has 3 nitrogen and oxygen atoms in total. The van der Waals surface area contributed by atoms with Gasteiger partial charge in [-0.3, -0.25) is 0 Å². The van der Waals surface area contributed by atoms with Gasteiger partial charge in [0, 0.05) is 10.4 Å². The molecule has 1 aromatic heterocycles. The van der Waals surface area contributed by atoms with Crippen LogP contribution >= 0.6 is 11.6 Å². The molecule has 0 amide bonds. The molecule has 1 heterocycles. The van der Waals surface area contributed by atoms with Crippen LogP contribution in [0.25, 0.3) is 10.9 Å². The number of fused-ring (bicyclic) bond motifs is 1. The van der Waals surface area contributed by atoms with Crippen LogP contribution in [0.4, 0.5) is 5.69 Å². The Balaban J connectivity index is 2.86. The SMILES string of the molecule is [B]c1c(Cl)cc2cc(N)c(C(C)(C)O)nc2c1[B]. The molecule has 0 spiro atoms. The number of hydrogen-bond donors (Lipinski definition) is 2. The summed E-state index contributed by atoms with van der Waals surface area (Å²) in [5.41, 5.74) is 6.53. The second-order valence-electron chi connectivity index (χ2n) is 4.74. The van der Waals surface area contributed by atoms with E-state index in [4.69, 9.17) is 33.0 Å². The minimum atomic E-state index is -1.15. The molecule has 2 rings (SSSR count). The molecule has 2 aromatic rings. The molecule has 0 unspecified atom stereocenters. The summed E-state index contributed by atoms with van der Waals surface area (Å²) in [7, 11) is 11.6. The Morgan fingerprint density at radius 1 is 1.28 bits per heavy atom. The first-order valence-corrected chi connectivity index (χ1v) is 5.76. The molecule has 0 fully saturated rings. The molecule has 0 aliphatic heterocycles. The van der Waals surface area contributed by atoms with E-state index in [-0.39, 0.29) is 5.46 Å². The zero-order valence-corrected chi connectivity index (χ0v) is 10.9. The Labute approximate surface area is 113 Å². The van der Waals surface area contributed by atoms with Gasteiger partial charge >= 0.3 is 0 Å². The van der Waals surface area contributed by atoms with Crippen molar-refractivity contribution >= 4 is 54.8 Å². The summed E-state index contributed by atoms with van der Waals surface area (Å²) in [6, 6.07) is 3.33. The van der Waals surface area contributed by atoms with Gasteiger partial charge in [0.2, 0.25) is 0 Å². The maximum atomic E-state index is 10.0. The van der Waals surface area contributed by atoms with Crippen molar-refractivity contribution in [2.75, 3.05) is 5.73 Å². The Hall–Kier alpha value is -1.19. The third-order valence-corrected chi connectivity index (χ3v) is 3.06. The predicted molar refractivity (Wildman–Crippen MR) is 77.2 cm³/mol. The summed E-state index contributed by atoms with van der Waals surface area (Å²) in [5, 5.41) is 11.1. The molecular weight excluding hydrogens is 245 g/mol. The number of nitrogen functional groups attached to an aromatic ring is 1. The second kappa shape index (κ2) is 4.18. The normalized spacial score (nSPS) is 12.0. The number of rotatable bonds is 1. The van der Waals surface area contributed by atoms with E-state index in [2.05, 4.69) is 4.98 Å². The fourth-order valence-electron chi connectivity index (χ4n) is 1.83. The lowest BCUT2D eigenvalue weighted by Crippen LogP contribution is -2.29.